The number of carbonyl (C=O) groups excluding carboxylic acids is 2. The van der Waals surface area contributed by atoms with Gasteiger partial charge in [0.2, 0.25) is 0 Å². The van der Waals surface area contributed by atoms with E-state index < -0.39 is 11.9 Å². The number of thioether (sulfide) groups is 1. The van der Waals surface area contributed by atoms with Crippen molar-refractivity contribution < 1.29 is 14.3 Å². The van der Waals surface area contributed by atoms with Crippen LogP contribution in [0.25, 0.3) is 6.08 Å². The zero-order valence-corrected chi connectivity index (χ0v) is 15.9. The monoisotopic (exact) mass is 415 g/mol. The van der Waals surface area contributed by atoms with Crippen LogP contribution < -0.4 is 4.74 Å². The Bertz CT molecular complexity index is 1060. The van der Waals surface area contributed by atoms with Gasteiger partial charge in [-0.2, -0.15) is 4.99 Å². The molecular formula is C18H10ClN3O3S2. The Labute approximate surface area is 167 Å². The molecule has 0 spiro atoms. The lowest BCUT2D eigenvalue weighted by molar-refractivity contribution is -0.114. The summed E-state index contributed by atoms with van der Waals surface area (Å²) in [4.78, 5) is 30.2. The second-order valence-electron chi connectivity index (χ2n) is 5.44. The number of aliphatic imine (C=N–C) groups is 1. The summed E-state index contributed by atoms with van der Waals surface area (Å²) in [6.07, 6.45) is 3.23. The van der Waals surface area contributed by atoms with Gasteiger partial charge in [0.15, 0.2) is 5.17 Å². The van der Waals surface area contributed by atoms with Gasteiger partial charge >= 0.3 is 5.97 Å². The Morgan fingerprint density at radius 1 is 1.33 bits per heavy atom. The molecule has 27 heavy (non-hydrogen) atoms. The molecule has 1 amide bonds. The quantitative estimate of drug-likeness (QED) is 0.456. The lowest BCUT2D eigenvalue weighted by Gasteiger charge is -2.22. The molecule has 6 nitrogen and oxygen atoms in total. The lowest BCUT2D eigenvalue weighted by atomic mass is 10.1. The van der Waals surface area contributed by atoms with Crippen molar-refractivity contribution in [2.45, 2.75) is 0 Å². The smallest absolute Gasteiger partial charge is 0.353 e. The van der Waals surface area contributed by atoms with E-state index in [1.54, 1.807) is 53.4 Å². The number of halogens is 1. The molecule has 0 saturated carbocycles. The number of nitrogens with zero attached hydrogens (tertiary/aromatic N) is 2. The van der Waals surface area contributed by atoms with Crippen LogP contribution in [-0.4, -0.2) is 27.8 Å². The molecular weight excluding hydrogens is 406 g/mol. The van der Waals surface area contributed by atoms with Crippen molar-refractivity contribution in [3.8, 4) is 5.75 Å². The molecule has 0 atom stereocenters. The van der Waals surface area contributed by atoms with E-state index in [1.807, 2.05) is 0 Å². The molecule has 0 radical (unpaired) electrons. The highest BCUT2D eigenvalue weighted by Gasteiger charge is 2.31. The maximum Gasteiger partial charge on any atom is 0.353 e. The van der Waals surface area contributed by atoms with Gasteiger partial charge in [0.25, 0.3) is 5.91 Å². The number of amides is 1. The highest BCUT2D eigenvalue weighted by Crippen LogP contribution is 2.30. The third-order valence-electron chi connectivity index (χ3n) is 3.71. The summed E-state index contributed by atoms with van der Waals surface area (Å²) in [5.41, 5.74) is 0.754. The molecule has 1 N–H and O–H groups in total. The predicted molar refractivity (Wildman–Crippen MR) is 107 cm³/mol. The van der Waals surface area contributed by atoms with E-state index in [4.69, 9.17) is 21.7 Å². The normalized spacial score (nSPS) is 17.3. The van der Waals surface area contributed by atoms with Crippen molar-refractivity contribution in [2.75, 3.05) is 0 Å². The Balaban J connectivity index is 1.58. The Kier molecular flexibility index (Phi) is 4.69. The largest absolute Gasteiger partial charge is 0.421 e. The molecule has 4 rings (SSSR count). The summed E-state index contributed by atoms with van der Waals surface area (Å²) in [7, 11) is 0. The molecule has 1 aromatic carbocycles. The van der Waals surface area contributed by atoms with Crippen LogP contribution in [0.2, 0.25) is 5.02 Å². The Morgan fingerprint density at radius 3 is 2.93 bits per heavy atom. The number of hydrogen-bond acceptors (Lipinski definition) is 6. The first kappa shape index (κ1) is 17.7. The van der Waals surface area contributed by atoms with E-state index in [2.05, 4.69) is 4.99 Å². The van der Waals surface area contributed by atoms with Gasteiger partial charge in [-0.15, -0.1) is 11.3 Å². The Hall–Kier alpha value is -2.68. The second-order valence-corrected chi connectivity index (χ2v) is 7.66. The third-order valence-corrected chi connectivity index (χ3v) is 5.61. The van der Waals surface area contributed by atoms with Crippen LogP contribution in [-0.2, 0) is 4.79 Å². The van der Waals surface area contributed by atoms with Crippen molar-refractivity contribution in [2.24, 2.45) is 4.99 Å². The topological polar surface area (TPSA) is 82.8 Å². The molecule has 2 aliphatic rings. The van der Waals surface area contributed by atoms with Crippen LogP contribution in [0.4, 0.5) is 0 Å². The number of ether oxygens (including phenoxy) is 1. The van der Waals surface area contributed by atoms with E-state index in [9.17, 15) is 9.59 Å². The molecule has 0 unspecified atom stereocenters. The van der Waals surface area contributed by atoms with Gasteiger partial charge in [0, 0.05) is 6.20 Å². The van der Waals surface area contributed by atoms with E-state index in [1.165, 1.54) is 28.0 Å². The fourth-order valence-corrected chi connectivity index (χ4v) is 3.96. The number of hydrogen-bond donors (Lipinski definition) is 1. The fourth-order valence-electron chi connectivity index (χ4n) is 2.43. The maximum atomic E-state index is 12.2. The van der Waals surface area contributed by atoms with Crippen molar-refractivity contribution in [3.05, 3.63) is 68.4 Å². The molecule has 0 aliphatic carbocycles. The van der Waals surface area contributed by atoms with Crippen LogP contribution in [0.1, 0.15) is 15.2 Å². The van der Waals surface area contributed by atoms with Crippen molar-refractivity contribution in [1.29, 1.82) is 5.41 Å². The van der Waals surface area contributed by atoms with Gasteiger partial charge in [-0.3, -0.25) is 15.1 Å². The van der Waals surface area contributed by atoms with Gasteiger partial charge < -0.3 is 4.74 Å². The number of esters is 1. The lowest BCUT2D eigenvalue weighted by Crippen LogP contribution is -2.35. The van der Waals surface area contributed by atoms with Crippen LogP contribution in [0.5, 0.6) is 5.75 Å². The molecule has 2 aliphatic heterocycles. The fraction of sp³-hybridized carbons (Fsp3) is 0. The van der Waals surface area contributed by atoms with Crippen LogP contribution >= 0.6 is 34.7 Å². The summed E-state index contributed by atoms with van der Waals surface area (Å²) in [5.74, 6) is -0.689. The number of fused-ring (bicyclic) bond motifs is 1. The Morgan fingerprint density at radius 2 is 2.19 bits per heavy atom. The summed E-state index contributed by atoms with van der Waals surface area (Å²) in [6.45, 7) is 0. The van der Waals surface area contributed by atoms with Crippen molar-refractivity contribution in [3.63, 3.8) is 0 Å². The molecule has 2 aromatic rings. The average Bonchev–Trinajstić information content (AvgIpc) is 3.32. The molecule has 1 aromatic heterocycles. The minimum absolute atomic E-state index is 0.0515. The zero-order chi connectivity index (χ0) is 19.0. The molecule has 9 heteroatoms. The number of nitrogens with one attached hydrogen (secondary N) is 1. The SMILES string of the molecule is N=C1/C(=C/c2ccc(OC(=O)c3cccs3)c(Cl)c2)C(=O)N=C2SC=CN12. The highest BCUT2D eigenvalue weighted by molar-refractivity contribution is 8.16. The number of carbonyl (C=O) groups is 2. The minimum atomic E-state index is -0.484. The van der Waals surface area contributed by atoms with Crippen molar-refractivity contribution >= 4 is 63.7 Å². The van der Waals surface area contributed by atoms with Gasteiger partial charge in [0.05, 0.1) is 10.6 Å². The maximum absolute atomic E-state index is 12.2. The van der Waals surface area contributed by atoms with Crippen LogP contribution in [0, 0.1) is 5.41 Å². The number of benzene rings is 1. The second kappa shape index (κ2) is 7.15. The van der Waals surface area contributed by atoms with Gasteiger partial charge in [-0.05, 0) is 40.6 Å². The highest BCUT2D eigenvalue weighted by atomic mass is 35.5. The van der Waals surface area contributed by atoms with Crippen LogP contribution in [0.15, 0.2) is 57.9 Å². The van der Waals surface area contributed by atoms with E-state index in [-0.39, 0.29) is 22.2 Å². The first-order valence-corrected chi connectivity index (χ1v) is 9.78. The number of rotatable bonds is 3. The molecule has 0 bridgehead atoms. The van der Waals surface area contributed by atoms with E-state index >= 15 is 0 Å². The molecule has 0 saturated heterocycles. The van der Waals surface area contributed by atoms with Gasteiger partial charge in [-0.1, -0.05) is 35.5 Å². The van der Waals surface area contributed by atoms with Gasteiger partial charge in [0.1, 0.15) is 16.5 Å². The number of amidine groups is 2. The summed E-state index contributed by atoms with van der Waals surface area (Å²) >= 11 is 8.79. The molecule has 0 fully saturated rings. The first-order chi connectivity index (χ1) is 13.0. The van der Waals surface area contributed by atoms with Crippen molar-refractivity contribution in [1.82, 2.24) is 4.90 Å². The summed E-state index contributed by atoms with van der Waals surface area (Å²) in [5, 5.41) is 12.5. The number of thiophene rings is 1. The van der Waals surface area contributed by atoms with Crippen LogP contribution in [0.3, 0.4) is 0 Å². The third kappa shape index (κ3) is 3.46. The summed E-state index contributed by atoms with van der Waals surface area (Å²) < 4.78 is 5.30. The van der Waals surface area contributed by atoms with E-state index in [0.717, 1.165) is 0 Å². The standard InChI is InChI=1S/C18H10ClN3O3S2/c19-12-9-10(3-4-13(12)25-17(24)14-2-1-6-26-14)8-11-15(20)22-5-7-27-18(22)21-16(11)23/h1-9,20H/b11-8-,20-15?. The zero-order valence-electron chi connectivity index (χ0n) is 13.5. The first-order valence-electron chi connectivity index (χ1n) is 7.64. The summed E-state index contributed by atoms with van der Waals surface area (Å²) in [6, 6.07) is 8.21. The molecule has 3 heterocycles. The minimum Gasteiger partial charge on any atom is -0.421 e. The average molecular weight is 416 g/mol. The van der Waals surface area contributed by atoms with Gasteiger partial charge in [-0.25, -0.2) is 4.79 Å². The predicted octanol–water partition coefficient (Wildman–Crippen LogP) is 4.40. The molecule has 134 valence electrons. The van der Waals surface area contributed by atoms with E-state index in [0.29, 0.717) is 15.6 Å².